The van der Waals surface area contributed by atoms with E-state index >= 15 is 0 Å². The van der Waals surface area contributed by atoms with Crippen molar-refractivity contribution in [1.82, 2.24) is 14.5 Å². The van der Waals surface area contributed by atoms with Crippen LogP contribution in [0.1, 0.15) is 0 Å². The minimum Gasteiger partial charge on any atom is -0.463 e. The Kier molecular flexibility index (Phi) is 3.84. The van der Waals surface area contributed by atoms with E-state index in [4.69, 9.17) is 10.2 Å². The monoisotopic (exact) mass is 336 g/mol. The fourth-order valence-electron chi connectivity index (χ4n) is 2.21. The Morgan fingerprint density at radius 3 is 2.71 bits per heavy atom. The number of nitrogens with zero attached hydrogens (tertiary/aromatic N) is 3. The molecule has 3 rings (SSSR count). The second-order valence-corrected chi connectivity index (χ2v) is 4.96. The maximum Gasteiger partial charge on any atom is 0.406 e. The van der Waals surface area contributed by atoms with Crippen LogP contribution < -0.4 is 11.3 Å². The van der Waals surface area contributed by atoms with Crippen LogP contribution in [0.2, 0.25) is 0 Å². The van der Waals surface area contributed by atoms with Gasteiger partial charge in [-0.15, -0.1) is 0 Å². The van der Waals surface area contributed by atoms with Gasteiger partial charge in [-0.25, -0.2) is 9.97 Å². The summed E-state index contributed by atoms with van der Waals surface area (Å²) in [5, 5.41) is 0. The maximum atomic E-state index is 12.4. The van der Waals surface area contributed by atoms with E-state index in [2.05, 4.69) is 9.97 Å². The molecule has 0 radical (unpaired) electrons. The molecule has 2 N–H and O–H groups in total. The minimum absolute atomic E-state index is 0.00978. The van der Waals surface area contributed by atoms with Crippen molar-refractivity contribution in [2.75, 3.05) is 5.73 Å². The normalized spacial score (nSPS) is 11.6. The molecule has 0 aliphatic heterocycles. The average Bonchev–Trinajstić information content (AvgIpc) is 3.02. The van der Waals surface area contributed by atoms with Gasteiger partial charge in [-0.3, -0.25) is 4.79 Å². The first kappa shape index (κ1) is 15.8. The summed E-state index contributed by atoms with van der Waals surface area (Å²) in [5.74, 6) is 0.411. The predicted octanol–water partition coefficient (Wildman–Crippen LogP) is 2.71. The lowest BCUT2D eigenvalue weighted by atomic mass is 10.1. The van der Waals surface area contributed by atoms with Crippen LogP contribution >= 0.6 is 0 Å². The number of aromatic nitrogens is 3. The summed E-state index contributed by atoms with van der Waals surface area (Å²) >= 11 is 0. The van der Waals surface area contributed by atoms with Crippen molar-refractivity contribution in [3.63, 3.8) is 0 Å². The van der Waals surface area contributed by atoms with Crippen molar-refractivity contribution in [3.8, 4) is 22.6 Å². The maximum absolute atomic E-state index is 12.4. The molecule has 124 valence electrons. The Bertz CT molecular complexity index is 917. The van der Waals surface area contributed by atoms with Gasteiger partial charge in [0, 0.05) is 24.0 Å². The van der Waals surface area contributed by atoms with E-state index in [0.29, 0.717) is 27.1 Å². The molecule has 24 heavy (non-hydrogen) atoms. The van der Waals surface area contributed by atoms with E-state index in [1.54, 1.807) is 12.1 Å². The average molecular weight is 336 g/mol. The topological polar surface area (TPSA) is 86.9 Å². The summed E-state index contributed by atoms with van der Waals surface area (Å²) in [5.41, 5.74) is 5.93. The first-order chi connectivity index (χ1) is 11.3. The van der Waals surface area contributed by atoms with Crippen molar-refractivity contribution >= 4 is 5.95 Å². The summed E-state index contributed by atoms with van der Waals surface area (Å²) in [6.07, 6.45) is -0.565. The summed E-state index contributed by atoms with van der Waals surface area (Å²) in [6.45, 7) is -1.35. The quantitative estimate of drug-likeness (QED) is 0.795. The number of halogens is 3. The van der Waals surface area contributed by atoms with Gasteiger partial charge in [0.05, 0.1) is 6.26 Å². The van der Waals surface area contributed by atoms with Crippen molar-refractivity contribution < 1.29 is 17.6 Å². The van der Waals surface area contributed by atoms with Crippen LogP contribution in [-0.2, 0) is 6.54 Å². The number of furan rings is 1. The third-order valence-corrected chi connectivity index (χ3v) is 3.22. The molecule has 0 saturated carbocycles. The lowest BCUT2D eigenvalue weighted by molar-refractivity contribution is -0.141. The predicted molar refractivity (Wildman–Crippen MR) is 79.9 cm³/mol. The molecule has 6 nitrogen and oxygen atoms in total. The highest BCUT2D eigenvalue weighted by Gasteiger charge is 2.28. The zero-order valence-electron chi connectivity index (χ0n) is 12.1. The van der Waals surface area contributed by atoms with Gasteiger partial charge < -0.3 is 14.7 Å². The van der Waals surface area contributed by atoms with Gasteiger partial charge in [0.15, 0.2) is 5.76 Å². The van der Waals surface area contributed by atoms with Crippen LogP contribution in [0.15, 0.2) is 52.1 Å². The Morgan fingerprint density at radius 1 is 1.29 bits per heavy atom. The Labute approximate surface area is 133 Å². The highest BCUT2D eigenvalue weighted by atomic mass is 19.4. The molecule has 0 amide bonds. The zero-order chi connectivity index (χ0) is 17.3. The third kappa shape index (κ3) is 3.29. The standard InChI is InChI=1S/C15H11F3N4O2/c16-15(17,18)8-22-4-3-9(6-12(22)23)10-7-20-14(19)21-13(10)11-2-1-5-24-11/h1-7H,8H2,(H2,19,20,21). The van der Waals surface area contributed by atoms with Gasteiger partial charge in [0.1, 0.15) is 12.2 Å². The van der Waals surface area contributed by atoms with Crippen LogP contribution in [0.4, 0.5) is 19.1 Å². The molecule has 0 bridgehead atoms. The summed E-state index contributed by atoms with van der Waals surface area (Å²) in [7, 11) is 0. The van der Waals surface area contributed by atoms with E-state index in [1.807, 2.05) is 0 Å². The minimum atomic E-state index is -4.48. The zero-order valence-corrected chi connectivity index (χ0v) is 12.1. The summed E-state index contributed by atoms with van der Waals surface area (Å²) < 4.78 is 43.2. The van der Waals surface area contributed by atoms with Gasteiger partial charge in [-0.05, 0) is 23.8 Å². The number of alkyl halides is 3. The first-order valence-electron chi connectivity index (χ1n) is 6.77. The van der Waals surface area contributed by atoms with E-state index in [0.717, 1.165) is 12.3 Å². The van der Waals surface area contributed by atoms with E-state index in [9.17, 15) is 18.0 Å². The number of nitrogen functional groups attached to an aromatic ring is 1. The fraction of sp³-hybridized carbons (Fsp3) is 0.133. The molecular weight excluding hydrogens is 325 g/mol. The number of nitrogens with two attached hydrogens (primary N) is 1. The molecule has 0 aliphatic carbocycles. The number of pyridine rings is 1. The van der Waals surface area contributed by atoms with Crippen LogP contribution in [-0.4, -0.2) is 20.7 Å². The molecule has 0 spiro atoms. The van der Waals surface area contributed by atoms with Gasteiger partial charge in [0.25, 0.3) is 5.56 Å². The molecule has 9 heteroatoms. The van der Waals surface area contributed by atoms with Crippen molar-refractivity contribution in [1.29, 1.82) is 0 Å². The molecular formula is C15H11F3N4O2. The highest BCUT2D eigenvalue weighted by molar-refractivity contribution is 5.78. The number of anilines is 1. The lowest BCUT2D eigenvalue weighted by Crippen LogP contribution is -2.27. The largest absolute Gasteiger partial charge is 0.463 e. The molecule has 0 saturated heterocycles. The molecule has 0 atom stereocenters. The van der Waals surface area contributed by atoms with Crippen LogP contribution in [0.25, 0.3) is 22.6 Å². The Balaban J connectivity index is 2.07. The fourth-order valence-corrected chi connectivity index (χ4v) is 2.21. The van der Waals surface area contributed by atoms with Gasteiger partial charge in [-0.1, -0.05) is 0 Å². The molecule has 0 aliphatic rings. The number of rotatable bonds is 3. The van der Waals surface area contributed by atoms with Crippen LogP contribution in [0, 0.1) is 0 Å². The number of hydrogen-bond acceptors (Lipinski definition) is 5. The Hall–Kier alpha value is -3.10. The summed E-state index contributed by atoms with van der Waals surface area (Å²) in [6, 6.07) is 5.77. The van der Waals surface area contributed by atoms with Crippen molar-refractivity contribution in [2.24, 2.45) is 0 Å². The van der Waals surface area contributed by atoms with Gasteiger partial charge in [0.2, 0.25) is 5.95 Å². The lowest BCUT2D eigenvalue weighted by Gasteiger charge is -2.11. The van der Waals surface area contributed by atoms with E-state index in [1.165, 1.54) is 18.5 Å². The van der Waals surface area contributed by atoms with E-state index < -0.39 is 18.3 Å². The number of hydrogen-bond donors (Lipinski definition) is 1. The smallest absolute Gasteiger partial charge is 0.406 e. The van der Waals surface area contributed by atoms with Crippen LogP contribution in [0.3, 0.4) is 0 Å². The van der Waals surface area contributed by atoms with Gasteiger partial charge in [-0.2, -0.15) is 13.2 Å². The SMILES string of the molecule is Nc1ncc(-c2ccn(CC(F)(F)F)c(=O)c2)c(-c2ccco2)n1. The van der Waals surface area contributed by atoms with Crippen molar-refractivity contribution in [2.45, 2.75) is 12.7 Å². The molecule has 0 fully saturated rings. The Morgan fingerprint density at radius 2 is 2.08 bits per heavy atom. The molecule has 3 aromatic rings. The molecule has 3 heterocycles. The van der Waals surface area contributed by atoms with Gasteiger partial charge >= 0.3 is 6.18 Å². The third-order valence-electron chi connectivity index (χ3n) is 3.22. The molecule has 3 aromatic heterocycles. The summed E-state index contributed by atoms with van der Waals surface area (Å²) in [4.78, 5) is 19.9. The first-order valence-corrected chi connectivity index (χ1v) is 6.77. The molecule has 0 aromatic carbocycles. The highest BCUT2D eigenvalue weighted by Crippen LogP contribution is 2.30. The van der Waals surface area contributed by atoms with Crippen molar-refractivity contribution in [3.05, 3.63) is 53.3 Å². The second-order valence-electron chi connectivity index (χ2n) is 4.96. The van der Waals surface area contributed by atoms with Crippen LogP contribution in [0.5, 0.6) is 0 Å². The second kappa shape index (κ2) is 5.84. The van der Waals surface area contributed by atoms with E-state index in [-0.39, 0.29) is 5.95 Å². The molecule has 0 unspecified atom stereocenters.